The van der Waals surface area contributed by atoms with Crippen LogP contribution in [0.2, 0.25) is 5.15 Å². The number of rotatable bonds is 4. The fourth-order valence-electron chi connectivity index (χ4n) is 2.12. The van der Waals surface area contributed by atoms with Crippen molar-refractivity contribution in [3.8, 4) is 5.69 Å². The van der Waals surface area contributed by atoms with E-state index in [-0.39, 0.29) is 0 Å². The maximum atomic E-state index is 6.44. The van der Waals surface area contributed by atoms with Gasteiger partial charge in [0.25, 0.3) is 0 Å². The molecule has 1 heterocycles. The summed E-state index contributed by atoms with van der Waals surface area (Å²) in [5.41, 5.74) is 4.09. The number of hydrogen-bond acceptors (Lipinski definition) is 1. The molecular weight excluding hydrogens is 279 g/mol. The third-order valence-electron chi connectivity index (χ3n) is 3.08. The summed E-state index contributed by atoms with van der Waals surface area (Å²) in [6, 6.07) is 8.07. The Balaban J connectivity index is 2.53. The lowest BCUT2D eigenvalue weighted by Crippen LogP contribution is -2.01. The summed E-state index contributed by atoms with van der Waals surface area (Å²) in [4.78, 5) is 0. The molecule has 2 rings (SSSR count). The molecule has 0 saturated heterocycles. The molecule has 0 aliphatic heterocycles. The molecule has 0 aliphatic carbocycles. The second kappa shape index (κ2) is 5.98. The van der Waals surface area contributed by atoms with Crippen LogP contribution in [-0.4, -0.2) is 9.78 Å². The van der Waals surface area contributed by atoms with Gasteiger partial charge in [-0.1, -0.05) is 43.6 Å². The van der Waals surface area contributed by atoms with Crippen molar-refractivity contribution in [3.63, 3.8) is 0 Å². The van der Waals surface area contributed by atoms with E-state index in [0.717, 1.165) is 28.9 Å². The Morgan fingerprint density at radius 1 is 1.26 bits per heavy atom. The summed E-state index contributed by atoms with van der Waals surface area (Å²) >= 11 is 12.5. The Kier molecular flexibility index (Phi) is 4.54. The third-order valence-corrected chi connectivity index (χ3v) is 3.74. The number of aromatic nitrogens is 2. The number of hydrogen-bond donors (Lipinski definition) is 0. The van der Waals surface area contributed by atoms with Gasteiger partial charge in [0, 0.05) is 5.56 Å². The van der Waals surface area contributed by atoms with Crippen molar-refractivity contribution in [1.82, 2.24) is 9.78 Å². The Labute approximate surface area is 124 Å². The zero-order valence-electron chi connectivity index (χ0n) is 11.5. The quantitative estimate of drug-likeness (QED) is 0.743. The van der Waals surface area contributed by atoms with Crippen molar-refractivity contribution < 1.29 is 0 Å². The number of nitrogens with zero attached hydrogens (tertiary/aromatic N) is 2. The highest BCUT2D eigenvalue weighted by atomic mass is 35.5. The molecule has 1 aromatic heterocycles. The summed E-state index contributed by atoms with van der Waals surface area (Å²) in [6.45, 7) is 6.38. The summed E-state index contributed by atoms with van der Waals surface area (Å²) < 4.78 is 1.80. The predicted molar refractivity (Wildman–Crippen MR) is 81.4 cm³/mol. The van der Waals surface area contributed by atoms with Crippen molar-refractivity contribution >= 4 is 23.2 Å². The molecule has 1 aromatic carbocycles. The van der Waals surface area contributed by atoms with E-state index < -0.39 is 0 Å². The first-order chi connectivity index (χ1) is 9.04. The molecule has 0 amide bonds. The molecule has 102 valence electrons. The standard InChI is InChI=1S/C15H18Cl2N2/c1-10(2)8-13-12(9-16)15(17)19(18-13)14-7-5-4-6-11(14)3/h4-7,10H,8-9H2,1-3H3. The molecule has 0 unspecified atom stereocenters. The van der Waals surface area contributed by atoms with E-state index in [9.17, 15) is 0 Å². The van der Waals surface area contributed by atoms with Gasteiger partial charge in [-0.3, -0.25) is 0 Å². The molecule has 0 N–H and O–H groups in total. The zero-order valence-corrected chi connectivity index (χ0v) is 13.0. The molecule has 0 bridgehead atoms. The molecule has 0 atom stereocenters. The van der Waals surface area contributed by atoms with Crippen LogP contribution in [0, 0.1) is 12.8 Å². The minimum atomic E-state index is 0.396. The molecule has 2 aromatic rings. The van der Waals surface area contributed by atoms with Gasteiger partial charge in [0.05, 0.1) is 17.3 Å². The van der Waals surface area contributed by atoms with E-state index in [0.29, 0.717) is 17.0 Å². The van der Waals surface area contributed by atoms with Crippen LogP contribution in [-0.2, 0) is 12.3 Å². The van der Waals surface area contributed by atoms with Crippen LogP contribution in [0.4, 0.5) is 0 Å². The smallest absolute Gasteiger partial charge is 0.137 e. The van der Waals surface area contributed by atoms with E-state index in [1.54, 1.807) is 4.68 Å². The molecule has 2 nitrogen and oxygen atoms in total. The van der Waals surface area contributed by atoms with Gasteiger partial charge in [-0.2, -0.15) is 5.10 Å². The van der Waals surface area contributed by atoms with E-state index in [4.69, 9.17) is 23.2 Å². The van der Waals surface area contributed by atoms with Crippen molar-refractivity contribution in [2.45, 2.75) is 33.1 Å². The largest absolute Gasteiger partial charge is 0.221 e. The van der Waals surface area contributed by atoms with Gasteiger partial charge < -0.3 is 0 Å². The van der Waals surface area contributed by atoms with Gasteiger partial charge in [0.15, 0.2) is 0 Å². The first kappa shape index (κ1) is 14.4. The highest BCUT2D eigenvalue weighted by Gasteiger charge is 2.18. The van der Waals surface area contributed by atoms with Crippen LogP contribution in [0.5, 0.6) is 0 Å². The van der Waals surface area contributed by atoms with Gasteiger partial charge in [-0.25, -0.2) is 4.68 Å². The predicted octanol–water partition coefficient (Wildman–Crippen LogP) is 4.77. The highest BCUT2D eigenvalue weighted by Crippen LogP contribution is 2.28. The average molecular weight is 297 g/mol. The number of benzene rings is 1. The lowest BCUT2D eigenvalue weighted by molar-refractivity contribution is 0.626. The van der Waals surface area contributed by atoms with Gasteiger partial charge in [0.2, 0.25) is 0 Å². The average Bonchev–Trinajstić information content (AvgIpc) is 2.65. The molecule has 0 saturated carbocycles. The maximum absolute atomic E-state index is 6.44. The topological polar surface area (TPSA) is 17.8 Å². The zero-order chi connectivity index (χ0) is 14.0. The number of para-hydroxylation sites is 1. The maximum Gasteiger partial charge on any atom is 0.137 e. The summed E-state index contributed by atoms with van der Waals surface area (Å²) in [5.74, 6) is 0.922. The first-order valence-electron chi connectivity index (χ1n) is 6.42. The van der Waals surface area contributed by atoms with Crippen molar-refractivity contribution in [1.29, 1.82) is 0 Å². The third kappa shape index (κ3) is 2.96. The normalized spacial score (nSPS) is 11.3. The van der Waals surface area contributed by atoms with Gasteiger partial charge in [-0.15, -0.1) is 11.6 Å². The van der Waals surface area contributed by atoms with Crippen LogP contribution in [0.3, 0.4) is 0 Å². The van der Waals surface area contributed by atoms with Crippen LogP contribution >= 0.6 is 23.2 Å². The summed E-state index contributed by atoms with van der Waals surface area (Å²) in [6.07, 6.45) is 0.890. The van der Waals surface area contributed by atoms with Gasteiger partial charge >= 0.3 is 0 Å². The number of halogens is 2. The molecule has 4 heteroatoms. The van der Waals surface area contributed by atoms with Crippen molar-refractivity contribution in [3.05, 3.63) is 46.2 Å². The lowest BCUT2D eigenvalue weighted by atomic mass is 10.1. The SMILES string of the molecule is Cc1ccccc1-n1nc(CC(C)C)c(CCl)c1Cl. The highest BCUT2D eigenvalue weighted by molar-refractivity contribution is 6.31. The second-order valence-corrected chi connectivity index (χ2v) is 5.77. The lowest BCUT2D eigenvalue weighted by Gasteiger charge is -2.06. The Bertz CT molecular complexity index is 574. The minimum Gasteiger partial charge on any atom is -0.221 e. The molecule has 19 heavy (non-hydrogen) atoms. The van der Waals surface area contributed by atoms with Gasteiger partial charge in [0.1, 0.15) is 5.15 Å². The van der Waals surface area contributed by atoms with Crippen LogP contribution in [0.25, 0.3) is 5.69 Å². The van der Waals surface area contributed by atoms with Crippen LogP contribution in [0.1, 0.15) is 30.7 Å². The molecule has 0 radical (unpaired) electrons. The van der Waals surface area contributed by atoms with E-state index >= 15 is 0 Å². The Morgan fingerprint density at radius 2 is 1.95 bits per heavy atom. The fourth-order valence-corrected chi connectivity index (χ4v) is 2.77. The monoisotopic (exact) mass is 296 g/mol. The van der Waals surface area contributed by atoms with Gasteiger partial charge in [-0.05, 0) is 30.9 Å². The van der Waals surface area contributed by atoms with Crippen molar-refractivity contribution in [2.75, 3.05) is 0 Å². The Hall–Kier alpha value is -0.990. The molecule has 0 spiro atoms. The number of aryl methyl sites for hydroxylation is 1. The van der Waals surface area contributed by atoms with Crippen LogP contribution in [0.15, 0.2) is 24.3 Å². The second-order valence-electron chi connectivity index (χ2n) is 5.15. The van der Waals surface area contributed by atoms with Crippen LogP contribution < -0.4 is 0 Å². The summed E-state index contributed by atoms with van der Waals surface area (Å²) in [5, 5.41) is 5.28. The number of alkyl halides is 1. The van der Waals surface area contributed by atoms with E-state index in [1.807, 2.05) is 18.2 Å². The Morgan fingerprint density at radius 3 is 2.53 bits per heavy atom. The minimum absolute atomic E-state index is 0.396. The molecule has 0 aliphatic rings. The van der Waals surface area contributed by atoms with E-state index in [1.165, 1.54) is 0 Å². The molecule has 0 fully saturated rings. The fraction of sp³-hybridized carbons (Fsp3) is 0.400. The molecular formula is C15H18Cl2N2. The first-order valence-corrected chi connectivity index (χ1v) is 7.34. The summed E-state index contributed by atoms with van der Waals surface area (Å²) in [7, 11) is 0. The van der Waals surface area contributed by atoms with Crippen molar-refractivity contribution in [2.24, 2.45) is 5.92 Å². The van der Waals surface area contributed by atoms with E-state index in [2.05, 4.69) is 31.9 Å².